The van der Waals surface area contributed by atoms with E-state index in [0.717, 1.165) is 0 Å². The molecule has 11 heavy (non-hydrogen) atoms. The van der Waals surface area contributed by atoms with E-state index in [1.807, 2.05) is 0 Å². The van der Waals surface area contributed by atoms with Crippen LogP contribution in [0.2, 0.25) is 0 Å². The van der Waals surface area contributed by atoms with Gasteiger partial charge >= 0.3 is 81.6 Å². The first kappa shape index (κ1) is 11.3. The van der Waals surface area contributed by atoms with Gasteiger partial charge in [0.05, 0.1) is 0 Å². The molecule has 0 aromatic carbocycles. The average Bonchev–Trinajstić information content (AvgIpc) is 2.03. The molecule has 0 rings (SSSR count). The summed E-state index contributed by atoms with van der Waals surface area (Å²) < 4.78 is 14.4. The van der Waals surface area contributed by atoms with E-state index in [0.29, 0.717) is 38.4 Å². The monoisotopic (exact) mass is 237 g/mol. The fraction of sp³-hybridized carbons (Fsp3) is 0.833. The van der Waals surface area contributed by atoms with Crippen LogP contribution in [-0.4, -0.2) is 25.5 Å². The van der Waals surface area contributed by atoms with Gasteiger partial charge in [-0.1, -0.05) is 0 Å². The van der Waals surface area contributed by atoms with Gasteiger partial charge in [0.1, 0.15) is 0 Å². The van der Waals surface area contributed by atoms with Crippen molar-refractivity contribution in [3.05, 3.63) is 0 Å². The van der Waals surface area contributed by atoms with Gasteiger partial charge in [-0.25, -0.2) is 0 Å². The third kappa shape index (κ3) is 4.67. The quantitative estimate of drug-likeness (QED) is 0.650. The van der Waals surface area contributed by atoms with E-state index in [1.165, 1.54) is 0 Å². The summed E-state index contributed by atoms with van der Waals surface area (Å²) in [6.07, 6.45) is -0.843. The van der Waals surface area contributed by atoms with Crippen molar-refractivity contribution in [3.8, 4) is 0 Å². The SMILES string of the molecule is CCOC(OCC)C(=O)[O][Zr]. The summed E-state index contributed by atoms with van der Waals surface area (Å²) in [4.78, 5) is 10.8. The van der Waals surface area contributed by atoms with E-state index in [9.17, 15) is 4.79 Å². The van der Waals surface area contributed by atoms with Crippen LogP contribution in [-0.2, 0) is 42.2 Å². The molecule has 0 unspecified atom stereocenters. The molecule has 0 spiro atoms. The molecule has 0 amide bonds. The van der Waals surface area contributed by atoms with Gasteiger partial charge in [0.25, 0.3) is 0 Å². The minimum absolute atomic E-state index is 0.440. The Labute approximate surface area is 81.7 Å². The van der Waals surface area contributed by atoms with Crippen molar-refractivity contribution >= 4 is 5.97 Å². The van der Waals surface area contributed by atoms with Crippen molar-refractivity contribution in [2.75, 3.05) is 13.2 Å². The molecule has 0 aromatic heterocycles. The zero-order valence-corrected chi connectivity index (χ0v) is 9.08. The zero-order valence-electron chi connectivity index (χ0n) is 6.62. The van der Waals surface area contributed by atoms with Gasteiger partial charge in [0.15, 0.2) is 0 Å². The average molecular weight is 238 g/mol. The summed E-state index contributed by atoms with van der Waals surface area (Å²) in [5, 5.41) is 0. The third-order valence-electron chi connectivity index (χ3n) is 0.929. The molecule has 0 N–H and O–H groups in total. The van der Waals surface area contributed by atoms with Crippen molar-refractivity contribution in [1.29, 1.82) is 0 Å². The molecular formula is C6H11O4Zr. The molecule has 0 fully saturated rings. The second kappa shape index (κ2) is 6.95. The molecule has 4 nitrogen and oxygen atoms in total. The van der Waals surface area contributed by atoms with Crippen LogP contribution in [0.25, 0.3) is 0 Å². The van der Waals surface area contributed by atoms with E-state index >= 15 is 0 Å². The Morgan fingerprint density at radius 2 is 1.82 bits per heavy atom. The molecule has 5 heteroatoms. The Morgan fingerprint density at radius 3 is 2.09 bits per heavy atom. The Balaban J connectivity index is 3.76. The van der Waals surface area contributed by atoms with Crippen molar-refractivity contribution in [2.24, 2.45) is 0 Å². The number of carbonyl (C=O) groups is 1. The molecular weight excluding hydrogens is 227 g/mol. The molecule has 63 valence electrons. The van der Waals surface area contributed by atoms with E-state index in [4.69, 9.17) is 9.47 Å². The number of rotatable bonds is 5. The van der Waals surface area contributed by atoms with Gasteiger partial charge in [-0.3, -0.25) is 0 Å². The maximum atomic E-state index is 10.8. The fourth-order valence-corrected chi connectivity index (χ4v) is 0.772. The Kier molecular flexibility index (Phi) is 7.12. The molecule has 0 heterocycles. The van der Waals surface area contributed by atoms with Crippen LogP contribution < -0.4 is 0 Å². The predicted octanol–water partition coefficient (Wildman–Crippen LogP) is 0.391. The van der Waals surface area contributed by atoms with E-state index < -0.39 is 12.3 Å². The molecule has 0 bridgehead atoms. The first-order valence-electron chi connectivity index (χ1n) is 3.36. The van der Waals surface area contributed by atoms with Gasteiger partial charge in [-0.2, -0.15) is 0 Å². The van der Waals surface area contributed by atoms with Crippen LogP contribution in [0.4, 0.5) is 0 Å². The topological polar surface area (TPSA) is 44.8 Å². The molecule has 0 radical (unpaired) electrons. The number of hydrogen-bond acceptors (Lipinski definition) is 4. The molecule has 0 saturated heterocycles. The van der Waals surface area contributed by atoms with Crippen molar-refractivity contribution in [1.82, 2.24) is 0 Å². The third-order valence-corrected chi connectivity index (χ3v) is 1.42. The molecule has 0 atom stereocenters. The zero-order chi connectivity index (χ0) is 8.69. The summed E-state index contributed by atoms with van der Waals surface area (Å²) >= 11 is 0.700. The van der Waals surface area contributed by atoms with Crippen LogP contribution in [0.1, 0.15) is 13.8 Å². The first-order valence-corrected chi connectivity index (χ1v) is 4.37. The van der Waals surface area contributed by atoms with E-state index in [2.05, 4.69) is 2.81 Å². The molecule has 0 aliphatic carbocycles. The van der Waals surface area contributed by atoms with Gasteiger partial charge in [0, 0.05) is 0 Å². The predicted molar refractivity (Wildman–Crippen MR) is 33.1 cm³/mol. The Bertz CT molecular complexity index is 111. The van der Waals surface area contributed by atoms with Gasteiger partial charge in [-0.05, 0) is 0 Å². The number of hydrogen-bond donors (Lipinski definition) is 0. The van der Waals surface area contributed by atoms with Gasteiger partial charge in [0.2, 0.25) is 0 Å². The Morgan fingerprint density at radius 1 is 1.36 bits per heavy atom. The van der Waals surface area contributed by atoms with Crippen molar-refractivity contribution in [2.45, 2.75) is 20.1 Å². The van der Waals surface area contributed by atoms with E-state index in [-0.39, 0.29) is 0 Å². The normalized spacial score (nSPS) is 10.0. The summed E-state index contributed by atoms with van der Waals surface area (Å²) in [7, 11) is 0. The van der Waals surface area contributed by atoms with Crippen LogP contribution in [0, 0.1) is 0 Å². The molecule has 0 aromatic rings. The van der Waals surface area contributed by atoms with E-state index in [1.54, 1.807) is 13.8 Å². The molecule has 0 aliphatic rings. The standard InChI is InChI=1S/C6H12O4.Zr/c1-3-9-6(5(7)8)10-4-2;/h6H,3-4H2,1-2H3,(H,7,8);/q;+1/p-1. The van der Waals surface area contributed by atoms with Crippen molar-refractivity contribution in [3.63, 3.8) is 0 Å². The maximum absolute atomic E-state index is 10.8. The Hall–Kier alpha value is 0.273. The van der Waals surface area contributed by atoms with Crippen molar-refractivity contribution < 1.29 is 42.2 Å². The van der Waals surface area contributed by atoms with Crippen LogP contribution in [0.5, 0.6) is 0 Å². The van der Waals surface area contributed by atoms with Crippen LogP contribution in [0.3, 0.4) is 0 Å². The summed E-state index contributed by atoms with van der Waals surface area (Å²) in [5.74, 6) is -0.452. The fourth-order valence-electron chi connectivity index (χ4n) is 0.535. The van der Waals surface area contributed by atoms with Crippen LogP contribution >= 0.6 is 0 Å². The minimum atomic E-state index is -0.843. The molecule has 0 aliphatic heterocycles. The van der Waals surface area contributed by atoms with Crippen LogP contribution in [0.15, 0.2) is 0 Å². The second-order valence-electron chi connectivity index (χ2n) is 1.66. The summed E-state index contributed by atoms with van der Waals surface area (Å²) in [6.45, 7) is 4.47. The number of carbonyl (C=O) groups excluding carboxylic acids is 1. The van der Waals surface area contributed by atoms with Gasteiger partial charge in [-0.15, -0.1) is 0 Å². The molecule has 0 saturated carbocycles. The number of ether oxygens (including phenoxy) is 2. The summed E-state index contributed by atoms with van der Waals surface area (Å²) in [6, 6.07) is 0. The summed E-state index contributed by atoms with van der Waals surface area (Å²) in [5.41, 5.74) is 0. The van der Waals surface area contributed by atoms with Gasteiger partial charge < -0.3 is 0 Å². The second-order valence-corrected chi connectivity index (χ2v) is 2.17. The first-order chi connectivity index (χ1) is 5.26.